The second-order valence-electron chi connectivity index (χ2n) is 4.12. The zero-order valence-corrected chi connectivity index (χ0v) is 8.50. The molecule has 1 heterocycles. The van der Waals surface area contributed by atoms with Crippen molar-refractivity contribution in [2.24, 2.45) is 5.92 Å². The van der Waals surface area contributed by atoms with E-state index in [9.17, 15) is 0 Å². The van der Waals surface area contributed by atoms with Gasteiger partial charge in [-0.15, -0.1) is 0 Å². The minimum absolute atomic E-state index is 0.921. The van der Waals surface area contributed by atoms with E-state index in [0.717, 1.165) is 12.5 Å². The average molecular weight is 177 g/mol. The summed E-state index contributed by atoms with van der Waals surface area (Å²) in [5.41, 5.74) is 1.55. The number of allylic oxidation sites excluding steroid dienone is 2. The van der Waals surface area contributed by atoms with E-state index >= 15 is 0 Å². The largest absolute Gasteiger partial charge is 0.300 e. The van der Waals surface area contributed by atoms with Crippen LogP contribution in [0.4, 0.5) is 0 Å². The van der Waals surface area contributed by atoms with Gasteiger partial charge in [-0.1, -0.05) is 25.2 Å². The highest BCUT2D eigenvalue weighted by atomic mass is 15.1. The van der Waals surface area contributed by atoms with Crippen molar-refractivity contribution in [1.82, 2.24) is 4.90 Å². The van der Waals surface area contributed by atoms with Crippen molar-refractivity contribution in [3.8, 4) is 0 Å². The first-order valence-electron chi connectivity index (χ1n) is 5.48. The SMILES string of the molecule is CCN1CC=C(C=CC2CC2)CC1. The standard InChI is InChI=1S/C12H19N/c1-2-13-9-7-12(8-10-13)6-5-11-3-4-11/h5-7,11H,2-4,8-10H2,1H3. The van der Waals surface area contributed by atoms with Crippen LogP contribution < -0.4 is 0 Å². The topological polar surface area (TPSA) is 3.24 Å². The van der Waals surface area contributed by atoms with Crippen molar-refractivity contribution in [3.63, 3.8) is 0 Å². The summed E-state index contributed by atoms with van der Waals surface area (Å²) in [6, 6.07) is 0. The van der Waals surface area contributed by atoms with Crippen LogP contribution in [0.5, 0.6) is 0 Å². The summed E-state index contributed by atoms with van der Waals surface area (Å²) < 4.78 is 0. The first-order valence-corrected chi connectivity index (χ1v) is 5.48. The van der Waals surface area contributed by atoms with Crippen LogP contribution in [-0.4, -0.2) is 24.5 Å². The molecule has 1 heteroatoms. The van der Waals surface area contributed by atoms with Crippen LogP contribution in [0.2, 0.25) is 0 Å². The van der Waals surface area contributed by atoms with Crippen LogP contribution in [0.15, 0.2) is 23.8 Å². The lowest BCUT2D eigenvalue weighted by Gasteiger charge is -2.23. The Kier molecular flexibility index (Phi) is 2.84. The van der Waals surface area contributed by atoms with Gasteiger partial charge in [0.1, 0.15) is 0 Å². The molecule has 0 aromatic heterocycles. The molecule has 0 bridgehead atoms. The summed E-state index contributed by atoms with van der Waals surface area (Å²) in [5, 5.41) is 0. The molecule has 0 radical (unpaired) electrons. The first kappa shape index (κ1) is 9.01. The Hall–Kier alpha value is -0.560. The van der Waals surface area contributed by atoms with E-state index in [0.29, 0.717) is 0 Å². The molecular weight excluding hydrogens is 158 g/mol. The van der Waals surface area contributed by atoms with Crippen LogP contribution in [0, 0.1) is 5.92 Å². The Morgan fingerprint density at radius 3 is 2.92 bits per heavy atom. The highest BCUT2D eigenvalue weighted by Crippen LogP contribution is 2.30. The van der Waals surface area contributed by atoms with Gasteiger partial charge in [0, 0.05) is 13.1 Å². The monoisotopic (exact) mass is 177 g/mol. The maximum absolute atomic E-state index is 2.48. The molecule has 2 aliphatic rings. The predicted molar refractivity (Wildman–Crippen MR) is 56.7 cm³/mol. The minimum Gasteiger partial charge on any atom is -0.300 e. The molecule has 0 aromatic rings. The Labute approximate surface area is 81.1 Å². The van der Waals surface area contributed by atoms with E-state index in [1.54, 1.807) is 5.57 Å². The van der Waals surface area contributed by atoms with Gasteiger partial charge >= 0.3 is 0 Å². The van der Waals surface area contributed by atoms with Crippen LogP contribution in [0.3, 0.4) is 0 Å². The first-order chi connectivity index (χ1) is 6.38. The number of rotatable bonds is 3. The Morgan fingerprint density at radius 1 is 1.54 bits per heavy atom. The van der Waals surface area contributed by atoms with Gasteiger partial charge in [0.05, 0.1) is 0 Å². The predicted octanol–water partition coefficient (Wildman–Crippen LogP) is 2.60. The molecule has 0 unspecified atom stereocenters. The summed E-state index contributed by atoms with van der Waals surface area (Å²) in [6.45, 7) is 5.83. The fourth-order valence-electron chi connectivity index (χ4n) is 1.71. The van der Waals surface area contributed by atoms with E-state index < -0.39 is 0 Å². The summed E-state index contributed by atoms with van der Waals surface area (Å²) in [7, 11) is 0. The Balaban J connectivity index is 1.83. The molecule has 0 N–H and O–H groups in total. The smallest absolute Gasteiger partial charge is 0.0168 e. The third-order valence-electron chi connectivity index (χ3n) is 2.98. The van der Waals surface area contributed by atoms with Gasteiger partial charge in [-0.25, -0.2) is 0 Å². The summed E-state index contributed by atoms with van der Waals surface area (Å²) in [6.07, 6.45) is 11.2. The third kappa shape index (κ3) is 2.70. The fourth-order valence-corrected chi connectivity index (χ4v) is 1.71. The molecule has 1 nitrogen and oxygen atoms in total. The summed E-state index contributed by atoms with van der Waals surface area (Å²) in [5.74, 6) is 0.921. The van der Waals surface area contributed by atoms with E-state index in [4.69, 9.17) is 0 Å². The molecule has 0 spiro atoms. The minimum atomic E-state index is 0.921. The molecule has 2 rings (SSSR count). The lowest BCUT2D eigenvalue weighted by Crippen LogP contribution is -2.28. The van der Waals surface area contributed by atoms with Crippen molar-refractivity contribution in [1.29, 1.82) is 0 Å². The van der Waals surface area contributed by atoms with Crippen LogP contribution >= 0.6 is 0 Å². The van der Waals surface area contributed by atoms with Crippen LogP contribution in [0.1, 0.15) is 26.2 Å². The van der Waals surface area contributed by atoms with Crippen molar-refractivity contribution < 1.29 is 0 Å². The maximum Gasteiger partial charge on any atom is 0.0168 e. The molecule has 0 amide bonds. The highest BCUT2D eigenvalue weighted by molar-refractivity contribution is 5.22. The number of nitrogens with zero attached hydrogens (tertiary/aromatic N) is 1. The van der Waals surface area contributed by atoms with E-state index in [1.165, 1.54) is 32.4 Å². The average Bonchev–Trinajstić information content (AvgIpc) is 2.99. The molecule has 0 atom stereocenters. The second kappa shape index (κ2) is 4.10. The lowest BCUT2D eigenvalue weighted by molar-refractivity contribution is 0.312. The van der Waals surface area contributed by atoms with Crippen molar-refractivity contribution in [3.05, 3.63) is 23.8 Å². The molecule has 0 aromatic carbocycles. The Morgan fingerprint density at radius 2 is 2.38 bits per heavy atom. The van der Waals surface area contributed by atoms with Gasteiger partial charge in [0.15, 0.2) is 0 Å². The quantitative estimate of drug-likeness (QED) is 0.640. The van der Waals surface area contributed by atoms with Crippen LogP contribution in [-0.2, 0) is 0 Å². The summed E-state index contributed by atoms with van der Waals surface area (Å²) >= 11 is 0. The van der Waals surface area contributed by atoms with Gasteiger partial charge in [-0.05, 0) is 37.3 Å². The molecule has 13 heavy (non-hydrogen) atoms. The maximum atomic E-state index is 2.48. The summed E-state index contributed by atoms with van der Waals surface area (Å²) in [4.78, 5) is 2.48. The molecule has 1 fully saturated rings. The van der Waals surface area contributed by atoms with E-state index in [1.807, 2.05) is 0 Å². The van der Waals surface area contributed by atoms with Gasteiger partial charge in [0.25, 0.3) is 0 Å². The van der Waals surface area contributed by atoms with Gasteiger partial charge < -0.3 is 0 Å². The van der Waals surface area contributed by atoms with Crippen molar-refractivity contribution >= 4 is 0 Å². The Bertz CT molecular complexity index is 223. The van der Waals surface area contributed by atoms with E-state index in [-0.39, 0.29) is 0 Å². The van der Waals surface area contributed by atoms with Crippen molar-refractivity contribution in [2.75, 3.05) is 19.6 Å². The molecule has 1 aliphatic carbocycles. The number of hydrogen-bond acceptors (Lipinski definition) is 1. The van der Waals surface area contributed by atoms with Crippen molar-refractivity contribution in [2.45, 2.75) is 26.2 Å². The molecular formula is C12H19N. The molecule has 72 valence electrons. The van der Waals surface area contributed by atoms with Crippen LogP contribution in [0.25, 0.3) is 0 Å². The second-order valence-corrected chi connectivity index (χ2v) is 4.12. The molecule has 1 saturated carbocycles. The third-order valence-corrected chi connectivity index (χ3v) is 2.98. The molecule has 0 saturated heterocycles. The normalized spacial score (nSPS) is 25.2. The zero-order chi connectivity index (χ0) is 9.10. The fraction of sp³-hybridized carbons (Fsp3) is 0.667. The van der Waals surface area contributed by atoms with Gasteiger partial charge in [0.2, 0.25) is 0 Å². The van der Waals surface area contributed by atoms with Gasteiger partial charge in [-0.2, -0.15) is 0 Å². The van der Waals surface area contributed by atoms with E-state index in [2.05, 4.69) is 30.1 Å². The molecule has 1 aliphatic heterocycles. The highest BCUT2D eigenvalue weighted by Gasteiger charge is 2.17. The zero-order valence-electron chi connectivity index (χ0n) is 8.50. The number of likely N-dealkylation sites (N-methyl/N-ethyl adjacent to an activating group) is 1. The van der Waals surface area contributed by atoms with Gasteiger partial charge in [-0.3, -0.25) is 4.90 Å². The number of hydrogen-bond donors (Lipinski definition) is 0. The lowest BCUT2D eigenvalue weighted by atomic mass is 10.1.